The Morgan fingerprint density at radius 3 is 2.70 bits per heavy atom. The smallest absolute Gasteiger partial charge is 0.166 e. The van der Waals surface area contributed by atoms with Crippen LogP contribution in [0.25, 0.3) is 0 Å². The van der Waals surface area contributed by atoms with Gasteiger partial charge < -0.3 is 4.74 Å². The summed E-state index contributed by atoms with van der Waals surface area (Å²) in [5, 5.41) is 0. The highest BCUT2D eigenvalue weighted by molar-refractivity contribution is 5.98. The van der Waals surface area contributed by atoms with Crippen LogP contribution in [0.3, 0.4) is 0 Å². The Kier molecular flexibility index (Phi) is 4.51. The molecule has 2 nitrogen and oxygen atoms in total. The number of hydrogen-bond donors (Lipinski definition) is 0. The first-order valence-corrected chi connectivity index (χ1v) is 6.62. The van der Waals surface area contributed by atoms with E-state index in [4.69, 9.17) is 4.74 Å². The van der Waals surface area contributed by atoms with Crippen LogP contribution in [0.4, 0.5) is 4.39 Å². The monoisotopic (exact) mass is 272 g/mol. The zero-order valence-corrected chi connectivity index (χ0v) is 11.7. The molecule has 0 aliphatic heterocycles. The van der Waals surface area contributed by atoms with Crippen LogP contribution in [0, 0.1) is 12.7 Å². The van der Waals surface area contributed by atoms with Crippen molar-refractivity contribution in [1.82, 2.24) is 0 Å². The number of ether oxygens (including phenoxy) is 1. The molecule has 0 spiro atoms. The maximum absolute atomic E-state index is 13.2. The third-order valence-corrected chi connectivity index (χ3v) is 3.20. The SMILES string of the molecule is CCC(=O)c1ccccc1OCc1cc(F)ccc1C. The minimum Gasteiger partial charge on any atom is -0.488 e. The molecule has 0 saturated heterocycles. The van der Waals surface area contributed by atoms with Gasteiger partial charge >= 0.3 is 0 Å². The van der Waals surface area contributed by atoms with Gasteiger partial charge in [-0.1, -0.05) is 25.1 Å². The lowest BCUT2D eigenvalue weighted by Gasteiger charge is -2.12. The van der Waals surface area contributed by atoms with Gasteiger partial charge in [-0.25, -0.2) is 4.39 Å². The molecule has 0 heterocycles. The highest BCUT2D eigenvalue weighted by atomic mass is 19.1. The van der Waals surface area contributed by atoms with Crippen LogP contribution < -0.4 is 4.74 Å². The molecule has 3 heteroatoms. The first-order valence-electron chi connectivity index (χ1n) is 6.62. The molecule has 2 aromatic rings. The molecule has 20 heavy (non-hydrogen) atoms. The van der Waals surface area contributed by atoms with Gasteiger partial charge in [0.15, 0.2) is 5.78 Å². The summed E-state index contributed by atoms with van der Waals surface area (Å²) in [6.07, 6.45) is 0.430. The molecule has 104 valence electrons. The van der Waals surface area contributed by atoms with Crippen molar-refractivity contribution in [3.8, 4) is 5.75 Å². The maximum Gasteiger partial charge on any atom is 0.166 e. The second-order valence-corrected chi connectivity index (χ2v) is 4.63. The first-order chi connectivity index (χ1) is 9.61. The highest BCUT2D eigenvalue weighted by Crippen LogP contribution is 2.21. The Morgan fingerprint density at radius 2 is 1.95 bits per heavy atom. The molecule has 2 rings (SSSR count). The molecule has 0 fully saturated rings. The number of carbonyl (C=O) groups is 1. The molecule has 0 amide bonds. The summed E-state index contributed by atoms with van der Waals surface area (Å²) in [7, 11) is 0. The van der Waals surface area contributed by atoms with E-state index in [1.165, 1.54) is 12.1 Å². The Morgan fingerprint density at radius 1 is 1.20 bits per heavy atom. The summed E-state index contributed by atoms with van der Waals surface area (Å²) in [6.45, 7) is 3.97. The minimum atomic E-state index is -0.285. The molecule has 0 saturated carbocycles. The van der Waals surface area contributed by atoms with Gasteiger partial charge in [0.2, 0.25) is 0 Å². The van der Waals surface area contributed by atoms with Crippen molar-refractivity contribution in [2.45, 2.75) is 26.9 Å². The van der Waals surface area contributed by atoms with Crippen molar-refractivity contribution in [2.24, 2.45) is 0 Å². The minimum absolute atomic E-state index is 0.0385. The van der Waals surface area contributed by atoms with E-state index >= 15 is 0 Å². The van der Waals surface area contributed by atoms with Crippen LogP contribution >= 0.6 is 0 Å². The van der Waals surface area contributed by atoms with Crippen LogP contribution in [0.15, 0.2) is 42.5 Å². The summed E-state index contributed by atoms with van der Waals surface area (Å²) in [5.74, 6) is 0.298. The zero-order valence-electron chi connectivity index (χ0n) is 11.7. The predicted molar refractivity (Wildman–Crippen MR) is 76.5 cm³/mol. The van der Waals surface area contributed by atoms with Gasteiger partial charge in [-0.2, -0.15) is 0 Å². The summed E-state index contributed by atoms with van der Waals surface area (Å²) in [4.78, 5) is 11.8. The fourth-order valence-corrected chi connectivity index (χ4v) is 1.96. The summed E-state index contributed by atoms with van der Waals surface area (Å²) in [5.41, 5.74) is 2.32. The van der Waals surface area contributed by atoms with Crippen molar-refractivity contribution in [1.29, 1.82) is 0 Å². The van der Waals surface area contributed by atoms with Crippen molar-refractivity contribution in [2.75, 3.05) is 0 Å². The van der Waals surface area contributed by atoms with Crippen LogP contribution in [-0.2, 0) is 6.61 Å². The average Bonchev–Trinajstić information content (AvgIpc) is 2.47. The summed E-state index contributed by atoms with van der Waals surface area (Å²) >= 11 is 0. The molecule has 0 unspecified atom stereocenters. The first kappa shape index (κ1) is 14.3. The highest BCUT2D eigenvalue weighted by Gasteiger charge is 2.10. The lowest BCUT2D eigenvalue weighted by molar-refractivity contribution is 0.0983. The lowest BCUT2D eigenvalue weighted by atomic mass is 10.1. The van der Waals surface area contributed by atoms with Gasteiger partial charge in [0, 0.05) is 6.42 Å². The van der Waals surface area contributed by atoms with Crippen LogP contribution in [0.5, 0.6) is 5.75 Å². The van der Waals surface area contributed by atoms with E-state index in [0.29, 0.717) is 17.7 Å². The number of aryl methyl sites for hydroxylation is 1. The largest absolute Gasteiger partial charge is 0.488 e. The van der Waals surface area contributed by atoms with E-state index in [1.807, 2.05) is 26.0 Å². The van der Waals surface area contributed by atoms with Crippen LogP contribution in [0.2, 0.25) is 0 Å². The van der Waals surface area contributed by atoms with Gasteiger partial charge in [-0.3, -0.25) is 4.79 Å². The van der Waals surface area contributed by atoms with Gasteiger partial charge in [0.05, 0.1) is 5.56 Å². The number of ketones is 1. The molecule has 0 radical (unpaired) electrons. The lowest BCUT2D eigenvalue weighted by Crippen LogP contribution is -2.04. The number of halogens is 1. The topological polar surface area (TPSA) is 26.3 Å². The summed E-state index contributed by atoms with van der Waals surface area (Å²) in [6, 6.07) is 11.7. The van der Waals surface area contributed by atoms with Gasteiger partial charge in [0.1, 0.15) is 18.2 Å². The quantitative estimate of drug-likeness (QED) is 0.758. The Bertz CT molecular complexity index is 620. The Labute approximate surface area is 118 Å². The van der Waals surface area contributed by atoms with Gasteiger partial charge in [-0.05, 0) is 42.3 Å². The third kappa shape index (κ3) is 3.23. The molecule has 0 N–H and O–H groups in total. The fourth-order valence-electron chi connectivity index (χ4n) is 1.96. The Hall–Kier alpha value is -2.16. The number of hydrogen-bond acceptors (Lipinski definition) is 2. The molecule has 0 aromatic heterocycles. The second-order valence-electron chi connectivity index (χ2n) is 4.63. The molecule has 0 aliphatic rings. The molecule has 2 aromatic carbocycles. The summed E-state index contributed by atoms with van der Waals surface area (Å²) < 4.78 is 18.9. The van der Waals surface area contributed by atoms with Gasteiger partial charge in [0.25, 0.3) is 0 Å². The van der Waals surface area contributed by atoms with Crippen LogP contribution in [0.1, 0.15) is 34.8 Å². The molecule has 0 aliphatic carbocycles. The number of benzene rings is 2. The maximum atomic E-state index is 13.2. The molecular formula is C17H17FO2. The van der Waals surface area contributed by atoms with E-state index in [2.05, 4.69) is 0 Å². The second kappa shape index (κ2) is 6.33. The van der Waals surface area contributed by atoms with Crippen molar-refractivity contribution in [3.05, 3.63) is 65.0 Å². The fraction of sp³-hybridized carbons (Fsp3) is 0.235. The normalized spacial score (nSPS) is 10.3. The van der Waals surface area contributed by atoms with Gasteiger partial charge in [-0.15, -0.1) is 0 Å². The number of para-hydroxylation sites is 1. The average molecular weight is 272 g/mol. The molecule has 0 atom stereocenters. The number of Topliss-reactive ketones (excluding diaryl/α,β-unsaturated/α-hetero) is 1. The Balaban J connectivity index is 2.19. The van der Waals surface area contributed by atoms with Crippen LogP contribution in [-0.4, -0.2) is 5.78 Å². The number of carbonyl (C=O) groups excluding carboxylic acids is 1. The molecular weight excluding hydrogens is 255 g/mol. The van der Waals surface area contributed by atoms with Crippen molar-refractivity contribution in [3.63, 3.8) is 0 Å². The predicted octanol–water partition coefficient (Wildman–Crippen LogP) is 4.31. The van der Waals surface area contributed by atoms with E-state index < -0.39 is 0 Å². The number of rotatable bonds is 5. The van der Waals surface area contributed by atoms with E-state index in [0.717, 1.165) is 11.1 Å². The van der Waals surface area contributed by atoms with E-state index in [-0.39, 0.29) is 18.2 Å². The molecule has 0 bridgehead atoms. The third-order valence-electron chi connectivity index (χ3n) is 3.20. The van der Waals surface area contributed by atoms with E-state index in [9.17, 15) is 9.18 Å². The standard InChI is InChI=1S/C17H17FO2/c1-3-16(19)15-6-4-5-7-17(15)20-11-13-10-14(18)9-8-12(13)2/h4-10H,3,11H2,1-2H3. The van der Waals surface area contributed by atoms with Crippen molar-refractivity contribution >= 4 is 5.78 Å². The van der Waals surface area contributed by atoms with E-state index in [1.54, 1.807) is 18.2 Å². The zero-order chi connectivity index (χ0) is 14.5. The van der Waals surface area contributed by atoms with Crippen molar-refractivity contribution < 1.29 is 13.9 Å².